The Morgan fingerprint density at radius 1 is 1.21 bits per heavy atom. The molecule has 1 aliphatic carbocycles. The number of fused-ring (bicyclic) bond motifs is 1. The first kappa shape index (κ1) is 17.8. The number of H-pyrrole nitrogens is 1. The van der Waals surface area contributed by atoms with E-state index in [1.54, 1.807) is 18.2 Å². The van der Waals surface area contributed by atoms with Crippen LogP contribution in [0.2, 0.25) is 0 Å². The molecule has 4 rings (SSSR count). The molecule has 2 heterocycles. The Balaban J connectivity index is 1.73. The summed E-state index contributed by atoms with van der Waals surface area (Å²) in [5, 5.41) is 2.92. The number of anilines is 1. The predicted octanol–water partition coefficient (Wildman–Crippen LogP) is 1.69. The Morgan fingerprint density at radius 2 is 2.00 bits per heavy atom. The van der Waals surface area contributed by atoms with Crippen molar-refractivity contribution in [3.63, 3.8) is 0 Å². The summed E-state index contributed by atoms with van der Waals surface area (Å²) in [6, 6.07) is 6.49. The molecule has 144 valence electrons. The van der Waals surface area contributed by atoms with Crippen LogP contribution >= 0.6 is 0 Å². The molecule has 1 aliphatic rings. The summed E-state index contributed by atoms with van der Waals surface area (Å²) in [5.74, 6) is 0.547. The smallest absolute Gasteiger partial charge is 0.330 e. The van der Waals surface area contributed by atoms with Gasteiger partial charge in [0.1, 0.15) is 17.1 Å². The monoisotopic (exact) mass is 382 g/mol. The van der Waals surface area contributed by atoms with Crippen LogP contribution in [-0.4, -0.2) is 34.7 Å². The van der Waals surface area contributed by atoms with E-state index < -0.39 is 17.2 Å². The third-order valence-corrected chi connectivity index (χ3v) is 4.61. The molecule has 2 aromatic heterocycles. The molecular weight excluding hydrogens is 364 g/mol. The normalized spacial score (nSPS) is 13.4. The first-order valence-corrected chi connectivity index (χ1v) is 8.69. The fourth-order valence-corrected chi connectivity index (χ4v) is 3.04. The third kappa shape index (κ3) is 3.11. The van der Waals surface area contributed by atoms with E-state index in [9.17, 15) is 14.4 Å². The van der Waals surface area contributed by atoms with Gasteiger partial charge in [0.15, 0.2) is 0 Å². The first-order valence-electron chi connectivity index (χ1n) is 8.69. The van der Waals surface area contributed by atoms with E-state index in [1.165, 1.54) is 31.0 Å². The van der Waals surface area contributed by atoms with Crippen molar-refractivity contribution in [3.05, 3.63) is 56.9 Å². The fourth-order valence-electron chi connectivity index (χ4n) is 3.04. The zero-order valence-electron chi connectivity index (χ0n) is 15.3. The molecule has 1 amide bonds. The van der Waals surface area contributed by atoms with Gasteiger partial charge in [-0.15, -0.1) is 0 Å². The molecule has 0 atom stereocenters. The number of aromatic nitrogens is 3. The van der Waals surface area contributed by atoms with Crippen LogP contribution in [0.1, 0.15) is 29.2 Å². The lowest BCUT2D eigenvalue weighted by atomic mass is 10.2. The zero-order valence-corrected chi connectivity index (χ0v) is 15.3. The van der Waals surface area contributed by atoms with Gasteiger partial charge in [-0.05, 0) is 31.0 Å². The van der Waals surface area contributed by atoms with Gasteiger partial charge in [0.2, 0.25) is 0 Å². The van der Waals surface area contributed by atoms with E-state index in [0.717, 1.165) is 12.8 Å². The van der Waals surface area contributed by atoms with Crippen molar-refractivity contribution in [3.8, 4) is 11.5 Å². The second-order valence-electron chi connectivity index (χ2n) is 6.48. The van der Waals surface area contributed by atoms with E-state index in [2.05, 4.69) is 15.3 Å². The average Bonchev–Trinajstić information content (AvgIpc) is 3.52. The number of amides is 1. The summed E-state index contributed by atoms with van der Waals surface area (Å²) in [4.78, 5) is 43.6. The number of hydrogen-bond donors (Lipinski definition) is 2. The minimum atomic E-state index is -0.571. The molecule has 1 fully saturated rings. The van der Waals surface area contributed by atoms with E-state index in [1.807, 2.05) is 0 Å². The van der Waals surface area contributed by atoms with Crippen molar-refractivity contribution >= 4 is 22.6 Å². The number of hydrogen-bond acceptors (Lipinski definition) is 6. The van der Waals surface area contributed by atoms with Gasteiger partial charge in [-0.3, -0.25) is 19.1 Å². The summed E-state index contributed by atoms with van der Waals surface area (Å²) in [5.41, 5.74) is -0.164. The van der Waals surface area contributed by atoms with Gasteiger partial charge < -0.3 is 14.8 Å². The van der Waals surface area contributed by atoms with Crippen molar-refractivity contribution in [2.75, 3.05) is 19.5 Å². The van der Waals surface area contributed by atoms with Crippen LogP contribution in [-0.2, 0) is 0 Å². The van der Waals surface area contributed by atoms with Gasteiger partial charge >= 0.3 is 5.69 Å². The lowest BCUT2D eigenvalue weighted by molar-refractivity contribution is 0.102. The number of nitrogens with zero attached hydrogens (tertiary/aromatic N) is 2. The summed E-state index contributed by atoms with van der Waals surface area (Å²) in [7, 11) is 3.01. The molecule has 0 spiro atoms. The second-order valence-corrected chi connectivity index (χ2v) is 6.48. The Morgan fingerprint density at radius 3 is 2.68 bits per heavy atom. The minimum absolute atomic E-state index is 0.0417. The molecule has 1 aromatic carbocycles. The van der Waals surface area contributed by atoms with Crippen LogP contribution in [0.25, 0.3) is 11.0 Å². The van der Waals surface area contributed by atoms with Crippen LogP contribution < -0.4 is 26.0 Å². The topological polar surface area (TPSA) is 115 Å². The Kier molecular flexibility index (Phi) is 4.34. The zero-order chi connectivity index (χ0) is 19.8. The maximum Gasteiger partial charge on any atom is 0.330 e. The SMILES string of the molecule is COc1ccc(OC)c(NC(=O)c2cnc3c(c2)c(=O)[nH]c(=O)n3C2CC2)c1. The molecule has 0 unspecified atom stereocenters. The first-order chi connectivity index (χ1) is 13.5. The van der Waals surface area contributed by atoms with Gasteiger partial charge in [0, 0.05) is 18.3 Å². The summed E-state index contributed by atoms with van der Waals surface area (Å²) >= 11 is 0. The van der Waals surface area contributed by atoms with Crippen LogP contribution in [0.3, 0.4) is 0 Å². The molecule has 1 saturated carbocycles. The van der Waals surface area contributed by atoms with E-state index in [4.69, 9.17) is 9.47 Å². The van der Waals surface area contributed by atoms with Gasteiger partial charge in [0.05, 0.1) is 30.9 Å². The highest BCUT2D eigenvalue weighted by Gasteiger charge is 2.27. The summed E-state index contributed by atoms with van der Waals surface area (Å²) < 4.78 is 11.9. The van der Waals surface area contributed by atoms with E-state index in [-0.39, 0.29) is 22.6 Å². The molecule has 0 bridgehead atoms. The van der Waals surface area contributed by atoms with Gasteiger partial charge in [0.25, 0.3) is 11.5 Å². The number of ether oxygens (including phenoxy) is 2. The molecule has 28 heavy (non-hydrogen) atoms. The summed E-state index contributed by atoms with van der Waals surface area (Å²) in [6.07, 6.45) is 3.07. The van der Waals surface area contributed by atoms with E-state index >= 15 is 0 Å². The quantitative estimate of drug-likeness (QED) is 0.694. The van der Waals surface area contributed by atoms with Crippen LogP contribution in [0.4, 0.5) is 5.69 Å². The van der Waals surface area contributed by atoms with Crippen LogP contribution in [0.5, 0.6) is 11.5 Å². The predicted molar refractivity (Wildman–Crippen MR) is 102 cm³/mol. The highest BCUT2D eigenvalue weighted by Crippen LogP contribution is 2.34. The van der Waals surface area contributed by atoms with Crippen LogP contribution in [0.15, 0.2) is 40.1 Å². The standard InChI is InChI=1S/C19H18N4O5/c1-27-12-5-6-15(28-2)14(8-12)21-17(24)10-7-13-16(20-9-10)23(11-3-4-11)19(26)22-18(13)25/h5-9,11H,3-4H2,1-2H3,(H,21,24)(H,22,25,26). The van der Waals surface area contributed by atoms with Crippen molar-refractivity contribution in [1.29, 1.82) is 0 Å². The van der Waals surface area contributed by atoms with Gasteiger partial charge in [-0.1, -0.05) is 0 Å². The fraction of sp³-hybridized carbons (Fsp3) is 0.263. The largest absolute Gasteiger partial charge is 0.497 e. The number of benzene rings is 1. The summed E-state index contributed by atoms with van der Waals surface area (Å²) in [6.45, 7) is 0. The van der Waals surface area contributed by atoms with Gasteiger partial charge in [-0.25, -0.2) is 9.78 Å². The highest BCUT2D eigenvalue weighted by molar-refractivity contribution is 6.06. The average molecular weight is 382 g/mol. The van der Waals surface area contributed by atoms with E-state index in [0.29, 0.717) is 17.2 Å². The lowest BCUT2D eigenvalue weighted by Crippen LogP contribution is -2.30. The van der Waals surface area contributed by atoms with Crippen molar-refractivity contribution in [2.24, 2.45) is 0 Å². The minimum Gasteiger partial charge on any atom is -0.497 e. The van der Waals surface area contributed by atoms with Crippen molar-refractivity contribution in [1.82, 2.24) is 14.5 Å². The maximum atomic E-state index is 12.7. The second kappa shape index (κ2) is 6.84. The Bertz CT molecular complexity index is 1190. The molecule has 9 nitrogen and oxygen atoms in total. The maximum absolute atomic E-state index is 12.7. The van der Waals surface area contributed by atoms with Gasteiger partial charge in [-0.2, -0.15) is 0 Å². The third-order valence-electron chi connectivity index (χ3n) is 4.61. The molecule has 0 radical (unpaired) electrons. The molecule has 3 aromatic rings. The Labute approximate surface area is 158 Å². The number of carbonyl (C=O) groups excluding carboxylic acids is 1. The van der Waals surface area contributed by atoms with Crippen molar-refractivity contribution in [2.45, 2.75) is 18.9 Å². The molecule has 0 saturated heterocycles. The van der Waals surface area contributed by atoms with Crippen LogP contribution in [0, 0.1) is 0 Å². The number of pyridine rings is 1. The highest BCUT2D eigenvalue weighted by atomic mass is 16.5. The molecular formula is C19H18N4O5. The number of nitrogens with one attached hydrogen (secondary N) is 2. The number of aromatic amines is 1. The molecule has 0 aliphatic heterocycles. The molecule has 9 heteroatoms. The Hall–Kier alpha value is -3.62. The van der Waals surface area contributed by atoms with Crippen molar-refractivity contribution < 1.29 is 14.3 Å². The molecule has 2 N–H and O–H groups in total. The number of methoxy groups -OCH3 is 2. The number of carbonyl (C=O) groups is 1. The number of rotatable bonds is 5. The lowest BCUT2D eigenvalue weighted by Gasteiger charge is -2.12.